The van der Waals surface area contributed by atoms with Gasteiger partial charge < -0.3 is 9.47 Å². The molecule has 0 spiro atoms. The van der Waals surface area contributed by atoms with Gasteiger partial charge >= 0.3 is 5.00 Å². The van der Waals surface area contributed by atoms with E-state index < -0.39 is 10.8 Å². The fourth-order valence-electron chi connectivity index (χ4n) is 3.46. The topological polar surface area (TPSA) is 104 Å². The third kappa shape index (κ3) is 6.27. The summed E-state index contributed by atoms with van der Waals surface area (Å²) in [6.45, 7) is 6.76. The Hall–Kier alpha value is -3.76. The number of unbranched alkanes of at least 4 members (excludes halogenated alkanes) is 1. The Balaban J connectivity index is 1.62. The van der Waals surface area contributed by atoms with Crippen LogP contribution in [0.4, 0.5) is 10.1 Å². The largest absolute Gasteiger partial charge is 0.494 e. The van der Waals surface area contributed by atoms with Gasteiger partial charge in [-0.15, -0.1) is 0 Å². The van der Waals surface area contributed by atoms with Gasteiger partial charge in [-0.3, -0.25) is 20.2 Å². The molecule has 1 N–H and O–H groups in total. The number of rotatable bonds is 10. The Bertz CT molecular complexity index is 1360. The SMILES string of the molecule is CCCCOc1ccc(-c2nc(NC(=O)c3ccc([N+](=O)[O-])s3)sc2Oc2cc(C)cc(C)c2)cc1. The Morgan fingerprint density at radius 2 is 1.75 bits per heavy atom. The second kappa shape index (κ2) is 11.3. The van der Waals surface area contributed by atoms with E-state index in [1.54, 1.807) is 0 Å². The second-order valence-corrected chi connectivity index (χ2v) is 10.2. The Kier molecular flexibility index (Phi) is 7.97. The number of anilines is 1. The van der Waals surface area contributed by atoms with Gasteiger partial charge in [0, 0.05) is 11.6 Å². The highest BCUT2D eigenvalue weighted by Crippen LogP contribution is 2.41. The van der Waals surface area contributed by atoms with E-state index in [2.05, 4.69) is 23.3 Å². The molecule has 0 radical (unpaired) electrons. The molecule has 0 bridgehead atoms. The third-order valence-corrected chi connectivity index (χ3v) is 7.00. The predicted molar refractivity (Wildman–Crippen MR) is 143 cm³/mol. The van der Waals surface area contributed by atoms with Crippen LogP contribution < -0.4 is 14.8 Å². The van der Waals surface area contributed by atoms with Crippen LogP contribution in [0.15, 0.2) is 54.6 Å². The monoisotopic (exact) mass is 523 g/mol. The molecule has 0 aliphatic carbocycles. The van der Waals surface area contributed by atoms with Crippen molar-refractivity contribution in [3.05, 3.63) is 80.7 Å². The molecule has 186 valence electrons. The predicted octanol–water partition coefficient (Wildman–Crippen LogP) is 7.62. The highest BCUT2D eigenvalue weighted by Gasteiger charge is 2.20. The van der Waals surface area contributed by atoms with Gasteiger partial charge in [0.2, 0.25) is 5.06 Å². The summed E-state index contributed by atoms with van der Waals surface area (Å²) < 4.78 is 12.0. The minimum Gasteiger partial charge on any atom is -0.494 e. The third-order valence-electron chi connectivity index (χ3n) is 5.11. The van der Waals surface area contributed by atoms with Gasteiger partial charge in [0.25, 0.3) is 5.91 Å². The number of hydrogen-bond acceptors (Lipinski definition) is 8. The summed E-state index contributed by atoms with van der Waals surface area (Å²) in [5, 5.41) is 14.5. The minimum atomic E-state index is -0.519. The normalized spacial score (nSPS) is 10.8. The summed E-state index contributed by atoms with van der Waals surface area (Å²) in [6.07, 6.45) is 2.04. The summed E-state index contributed by atoms with van der Waals surface area (Å²) in [6, 6.07) is 16.2. The number of nitrogens with one attached hydrogen (secondary N) is 1. The van der Waals surface area contributed by atoms with E-state index in [0.29, 0.717) is 28.2 Å². The number of nitro groups is 1. The molecule has 8 nitrogen and oxygen atoms in total. The van der Waals surface area contributed by atoms with E-state index in [9.17, 15) is 14.9 Å². The number of aryl methyl sites for hydroxylation is 2. The van der Waals surface area contributed by atoms with E-state index in [4.69, 9.17) is 9.47 Å². The first-order valence-corrected chi connectivity index (χ1v) is 13.0. The molecule has 4 rings (SSSR count). The van der Waals surface area contributed by atoms with Crippen LogP contribution in [-0.4, -0.2) is 22.4 Å². The van der Waals surface area contributed by atoms with Gasteiger partial charge in [0.1, 0.15) is 17.2 Å². The van der Waals surface area contributed by atoms with Crippen molar-refractivity contribution in [1.82, 2.24) is 4.98 Å². The van der Waals surface area contributed by atoms with Crippen LogP contribution >= 0.6 is 22.7 Å². The van der Waals surface area contributed by atoms with Gasteiger partial charge in [-0.25, -0.2) is 4.98 Å². The molecule has 0 fully saturated rings. The lowest BCUT2D eigenvalue weighted by molar-refractivity contribution is -0.380. The number of thiophene rings is 1. The molecule has 0 saturated heterocycles. The average molecular weight is 524 g/mol. The molecule has 4 aromatic rings. The zero-order chi connectivity index (χ0) is 25.7. The molecule has 0 aliphatic rings. The van der Waals surface area contributed by atoms with Gasteiger partial charge in [-0.2, -0.15) is 0 Å². The number of hydrogen-bond donors (Lipinski definition) is 1. The summed E-state index contributed by atoms with van der Waals surface area (Å²) in [4.78, 5) is 28.0. The quantitative estimate of drug-likeness (QED) is 0.130. The maximum absolute atomic E-state index is 12.7. The Morgan fingerprint density at radius 3 is 2.39 bits per heavy atom. The van der Waals surface area contributed by atoms with Gasteiger partial charge in [0.15, 0.2) is 5.13 Å². The van der Waals surface area contributed by atoms with Crippen molar-refractivity contribution >= 4 is 38.7 Å². The van der Waals surface area contributed by atoms with E-state index in [-0.39, 0.29) is 9.88 Å². The van der Waals surface area contributed by atoms with Crippen LogP contribution in [0.2, 0.25) is 0 Å². The summed E-state index contributed by atoms with van der Waals surface area (Å²) in [5.74, 6) is 0.974. The van der Waals surface area contributed by atoms with Crippen molar-refractivity contribution in [2.75, 3.05) is 11.9 Å². The highest BCUT2D eigenvalue weighted by atomic mass is 32.1. The van der Waals surface area contributed by atoms with Crippen LogP contribution in [0.1, 0.15) is 40.6 Å². The molecule has 1 amide bonds. The summed E-state index contributed by atoms with van der Waals surface area (Å²) in [7, 11) is 0. The lowest BCUT2D eigenvalue weighted by atomic mass is 10.1. The van der Waals surface area contributed by atoms with Crippen LogP contribution in [-0.2, 0) is 0 Å². The molecule has 0 aliphatic heterocycles. The number of ether oxygens (including phenoxy) is 2. The van der Waals surface area contributed by atoms with Crippen LogP contribution in [0, 0.1) is 24.0 Å². The number of thiazole rings is 1. The summed E-state index contributed by atoms with van der Waals surface area (Å²) >= 11 is 2.00. The van der Waals surface area contributed by atoms with Gasteiger partial charge in [0.05, 0.1) is 16.4 Å². The zero-order valence-electron chi connectivity index (χ0n) is 20.1. The van der Waals surface area contributed by atoms with Crippen molar-refractivity contribution < 1.29 is 19.2 Å². The Morgan fingerprint density at radius 1 is 1.03 bits per heavy atom. The minimum absolute atomic E-state index is 0.0972. The van der Waals surface area contributed by atoms with Crippen molar-refractivity contribution in [2.45, 2.75) is 33.6 Å². The molecule has 2 aromatic carbocycles. The number of carbonyl (C=O) groups excluding carboxylic acids is 1. The van der Waals surface area contributed by atoms with Crippen LogP contribution in [0.25, 0.3) is 11.3 Å². The van der Waals surface area contributed by atoms with E-state index in [1.165, 1.54) is 23.5 Å². The maximum Gasteiger partial charge on any atom is 0.324 e. The lowest BCUT2D eigenvalue weighted by Gasteiger charge is -2.09. The van der Waals surface area contributed by atoms with Crippen LogP contribution in [0.3, 0.4) is 0 Å². The van der Waals surface area contributed by atoms with Gasteiger partial charge in [-0.05, 0) is 73.9 Å². The average Bonchev–Trinajstić information content (AvgIpc) is 3.47. The zero-order valence-corrected chi connectivity index (χ0v) is 21.7. The van der Waals surface area contributed by atoms with E-state index in [1.807, 2.05) is 50.2 Å². The molecular formula is C26H25N3O5S2. The molecule has 2 heterocycles. The molecule has 36 heavy (non-hydrogen) atoms. The fourth-order valence-corrected chi connectivity index (χ4v) is 5.03. The lowest BCUT2D eigenvalue weighted by Crippen LogP contribution is -2.09. The molecule has 2 aromatic heterocycles. The maximum atomic E-state index is 12.7. The van der Waals surface area contributed by atoms with Crippen molar-refractivity contribution in [1.29, 1.82) is 0 Å². The van der Waals surface area contributed by atoms with Gasteiger partial charge in [-0.1, -0.05) is 42.1 Å². The first-order valence-electron chi connectivity index (χ1n) is 11.4. The number of aromatic nitrogens is 1. The van der Waals surface area contributed by atoms with Crippen molar-refractivity contribution in [3.63, 3.8) is 0 Å². The molecule has 0 atom stereocenters. The molecular weight excluding hydrogens is 498 g/mol. The van der Waals surface area contributed by atoms with Crippen molar-refractivity contribution in [2.24, 2.45) is 0 Å². The van der Waals surface area contributed by atoms with E-state index >= 15 is 0 Å². The molecule has 10 heteroatoms. The number of amides is 1. The first-order chi connectivity index (χ1) is 17.3. The number of nitrogens with zero attached hydrogens (tertiary/aromatic N) is 2. The highest BCUT2D eigenvalue weighted by molar-refractivity contribution is 7.19. The second-order valence-electron chi connectivity index (χ2n) is 8.16. The van der Waals surface area contributed by atoms with Crippen molar-refractivity contribution in [3.8, 4) is 27.8 Å². The number of carbonyl (C=O) groups is 1. The van der Waals surface area contributed by atoms with Crippen LogP contribution in [0.5, 0.6) is 16.6 Å². The first kappa shape index (κ1) is 25.3. The molecule has 0 unspecified atom stereocenters. The smallest absolute Gasteiger partial charge is 0.324 e. The summed E-state index contributed by atoms with van der Waals surface area (Å²) in [5.41, 5.74) is 3.52. The fraction of sp³-hybridized carbons (Fsp3) is 0.231. The Labute approximate surface area is 216 Å². The standard InChI is InChI=1S/C26H25N3O5S2/c1-4-5-12-33-19-8-6-18(7-9-19)23-25(34-20-14-16(2)13-17(3)15-20)36-26(27-23)28-24(30)21-10-11-22(35-21)29(31)32/h6-11,13-15H,4-5,12H2,1-3H3,(H,27,28,30). The van der Waals surface area contributed by atoms with E-state index in [0.717, 1.165) is 46.6 Å². The molecule has 0 saturated carbocycles. The number of benzene rings is 2.